The van der Waals surface area contributed by atoms with Gasteiger partial charge < -0.3 is 25.1 Å². The van der Waals surface area contributed by atoms with Crippen LogP contribution in [0, 0.1) is 13.8 Å². The molecule has 0 fully saturated rings. The molecule has 3 N–H and O–H groups in total. The molecule has 1 atom stereocenters. The van der Waals surface area contributed by atoms with Crippen LogP contribution in [0.4, 0.5) is 5.00 Å². The number of halogens is 1. The number of hydrogen-bond donors (Lipinski definition) is 2. The number of amides is 2. The summed E-state index contributed by atoms with van der Waals surface area (Å²) >= 11 is 7.31. The Hall–Kier alpha value is -3.30. The van der Waals surface area contributed by atoms with E-state index in [1.807, 2.05) is 11.5 Å². The highest BCUT2D eigenvalue weighted by Gasteiger charge is 2.25. The summed E-state index contributed by atoms with van der Waals surface area (Å²) in [4.78, 5) is 36.7. The van der Waals surface area contributed by atoms with Gasteiger partial charge in [0.05, 0.1) is 23.9 Å². The molecule has 0 aliphatic carbocycles. The zero-order valence-corrected chi connectivity index (χ0v) is 19.5. The smallest absolute Gasteiger partial charge is 0.340 e. The number of hydrogen-bond acceptors (Lipinski definition) is 6. The van der Waals surface area contributed by atoms with Crippen LogP contribution in [0.15, 0.2) is 35.7 Å². The third-order valence-electron chi connectivity index (χ3n) is 4.85. The predicted octanol–water partition coefficient (Wildman–Crippen LogP) is 4.10. The molecule has 10 heteroatoms. The van der Waals surface area contributed by atoms with E-state index in [1.165, 1.54) is 13.0 Å². The van der Waals surface area contributed by atoms with Crippen LogP contribution in [0.2, 0.25) is 5.02 Å². The number of aryl methyl sites for hydroxylation is 1. The number of anilines is 1. The fourth-order valence-electron chi connectivity index (χ4n) is 3.27. The maximum absolute atomic E-state index is 12.8. The van der Waals surface area contributed by atoms with Gasteiger partial charge in [-0.05, 0) is 56.5 Å². The van der Waals surface area contributed by atoms with Crippen molar-refractivity contribution in [2.45, 2.75) is 26.9 Å². The first-order valence-electron chi connectivity index (χ1n) is 9.56. The number of esters is 1. The van der Waals surface area contributed by atoms with Gasteiger partial charge in [-0.3, -0.25) is 9.59 Å². The van der Waals surface area contributed by atoms with Crippen LogP contribution in [-0.4, -0.2) is 35.6 Å². The van der Waals surface area contributed by atoms with Crippen molar-refractivity contribution in [2.75, 3.05) is 12.4 Å². The van der Waals surface area contributed by atoms with Crippen LogP contribution in [0.1, 0.15) is 39.0 Å². The summed E-state index contributed by atoms with van der Waals surface area (Å²) in [5.41, 5.74) is 7.83. The second-order valence-corrected chi connectivity index (χ2v) is 8.35. The summed E-state index contributed by atoms with van der Waals surface area (Å²) in [6.07, 6.45) is -1.10. The van der Waals surface area contributed by atoms with Gasteiger partial charge in [-0.2, -0.15) is 0 Å². The van der Waals surface area contributed by atoms with Crippen LogP contribution in [0.5, 0.6) is 5.75 Å². The first kappa shape index (κ1) is 23.4. The number of carbonyl (C=O) groups is 3. The van der Waals surface area contributed by atoms with E-state index in [0.717, 1.165) is 17.0 Å². The predicted molar refractivity (Wildman–Crippen MR) is 123 cm³/mol. The van der Waals surface area contributed by atoms with Gasteiger partial charge in [0.1, 0.15) is 10.8 Å². The lowest BCUT2D eigenvalue weighted by Crippen LogP contribution is -2.30. The molecule has 8 nitrogen and oxygen atoms in total. The number of nitrogens with one attached hydrogen (secondary N) is 1. The van der Waals surface area contributed by atoms with Crippen LogP contribution in [0.25, 0.3) is 5.69 Å². The number of nitrogens with zero attached hydrogens (tertiary/aromatic N) is 1. The molecule has 0 saturated heterocycles. The van der Waals surface area contributed by atoms with Crippen molar-refractivity contribution in [2.24, 2.45) is 5.73 Å². The van der Waals surface area contributed by atoms with E-state index in [-0.39, 0.29) is 5.56 Å². The average Bonchev–Trinajstić information content (AvgIpc) is 3.31. The lowest BCUT2D eigenvalue weighted by Gasteiger charge is -2.15. The lowest BCUT2D eigenvalue weighted by molar-refractivity contribution is -0.123. The molecule has 3 rings (SSSR count). The Morgan fingerprint density at radius 2 is 1.88 bits per heavy atom. The molecule has 0 spiro atoms. The van der Waals surface area contributed by atoms with Crippen molar-refractivity contribution in [3.63, 3.8) is 0 Å². The number of benzene rings is 1. The summed E-state index contributed by atoms with van der Waals surface area (Å²) in [6.45, 7) is 5.05. The molecule has 2 amide bonds. The molecular formula is C22H22ClN3O5S. The molecule has 32 heavy (non-hydrogen) atoms. The second-order valence-electron chi connectivity index (χ2n) is 7.00. The van der Waals surface area contributed by atoms with E-state index in [4.69, 9.17) is 26.8 Å². The lowest BCUT2D eigenvalue weighted by atomic mass is 10.2. The Labute approximate surface area is 193 Å². The fourth-order valence-corrected chi connectivity index (χ4v) is 4.23. The Balaban J connectivity index is 1.81. The number of aromatic nitrogens is 1. The Kier molecular flexibility index (Phi) is 6.90. The third kappa shape index (κ3) is 4.63. The number of primary amides is 1. The van der Waals surface area contributed by atoms with Gasteiger partial charge in [0.25, 0.3) is 11.8 Å². The molecule has 1 aromatic carbocycles. The number of ether oxygens (including phenoxy) is 2. The summed E-state index contributed by atoms with van der Waals surface area (Å²) in [5.74, 6) is -1.30. The van der Waals surface area contributed by atoms with Crippen molar-refractivity contribution in [3.05, 3.63) is 63.2 Å². The molecule has 2 heterocycles. The minimum atomic E-state index is -1.10. The summed E-state index contributed by atoms with van der Waals surface area (Å²) in [6, 6.07) is 8.38. The van der Waals surface area contributed by atoms with E-state index in [9.17, 15) is 14.4 Å². The molecule has 0 aliphatic heterocycles. The summed E-state index contributed by atoms with van der Waals surface area (Å²) in [7, 11) is 1.55. The van der Waals surface area contributed by atoms with Crippen molar-refractivity contribution in [1.29, 1.82) is 0 Å². The van der Waals surface area contributed by atoms with E-state index in [2.05, 4.69) is 5.32 Å². The molecule has 0 aliphatic rings. The highest BCUT2D eigenvalue weighted by molar-refractivity contribution is 7.14. The minimum absolute atomic E-state index is 0.195. The van der Waals surface area contributed by atoms with Crippen molar-refractivity contribution in [3.8, 4) is 11.4 Å². The van der Waals surface area contributed by atoms with Gasteiger partial charge in [0.2, 0.25) is 0 Å². The zero-order chi connectivity index (χ0) is 23.6. The molecular weight excluding hydrogens is 454 g/mol. The quantitative estimate of drug-likeness (QED) is 0.499. The zero-order valence-electron chi connectivity index (χ0n) is 17.9. The van der Waals surface area contributed by atoms with Gasteiger partial charge in [0, 0.05) is 16.4 Å². The highest BCUT2D eigenvalue weighted by Crippen LogP contribution is 2.31. The number of methoxy groups -OCH3 is 1. The molecule has 168 valence electrons. The van der Waals surface area contributed by atoms with Crippen molar-refractivity contribution in [1.82, 2.24) is 4.57 Å². The number of thiophene rings is 1. The number of carbonyl (C=O) groups excluding carboxylic acids is 3. The second kappa shape index (κ2) is 9.46. The minimum Gasteiger partial charge on any atom is -0.495 e. The topological polar surface area (TPSA) is 113 Å². The van der Waals surface area contributed by atoms with E-state index < -0.39 is 23.9 Å². The summed E-state index contributed by atoms with van der Waals surface area (Å²) < 4.78 is 12.6. The molecule has 1 unspecified atom stereocenters. The maximum atomic E-state index is 12.8. The van der Waals surface area contributed by atoms with Gasteiger partial charge in [0.15, 0.2) is 6.10 Å². The van der Waals surface area contributed by atoms with E-state index in [0.29, 0.717) is 32.7 Å². The standard InChI is InChI=1S/C22H22ClN3O5S/c1-11-9-16(12(2)26(11)17-10-14(23)5-6-18(17)30-4)22(29)31-13(3)20(28)25-21-15(19(24)27)7-8-32-21/h5-10,13H,1-4H3,(H2,24,27)(H,25,28). The van der Waals surface area contributed by atoms with Crippen LogP contribution < -0.4 is 15.8 Å². The molecule has 0 radical (unpaired) electrons. The number of rotatable bonds is 7. The van der Waals surface area contributed by atoms with Crippen molar-refractivity contribution >= 4 is 45.7 Å². The largest absolute Gasteiger partial charge is 0.495 e. The Morgan fingerprint density at radius 3 is 2.53 bits per heavy atom. The van der Waals surface area contributed by atoms with Gasteiger partial charge in [-0.25, -0.2) is 4.79 Å². The van der Waals surface area contributed by atoms with Crippen molar-refractivity contribution < 1.29 is 23.9 Å². The van der Waals surface area contributed by atoms with E-state index in [1.54, 1.807) is 43.7 Å². The molecule has 2 aromatic heterocycles. The normalized spacial score (nSPS) is 11.7. The van der Waals surface area contributed by atoms with Gasteiger partial charge >= 0.3 is 5.97 Å². The maximum Gasteiger partial charge on any atom is 0.340 e. The molecule has 3 aromatic rings. The van der Waals surface area contributed by atoms with Gasteiger partial charge in [-0.15, -0.1) is 11.3 Å². The van der Waals surface area contributed by atoms with Crippen LogP contribution in [0.3, 0.4) is 0 Å². The first-order chi connectivity index (χ1) is 15.1. The van der Waals surface area contributed by atoms with Crippen LogP contribution >= 0.6 is 22.9 Å². The van der Waals surface area contributed by atoms with E-state index >= 15 is 0 Å². The molecule has 0 saturated carbocycles. The average molecular weight is 476 g/mol. The number of nitrogens with two attached hydrogens (primary N) is 1. The SMILES string of the molecule is COc1ccc(Cl)cc1-n1c(C)cc(C(=O)OC(C)C(=O)Nc2sccc2C(N)=O)c1C. The highest BCUT2D eigenvalue weighted by atomic mass is 35.5. The fraction of sp³-hybridized carbons (Fsp3) is 0.227. The first-order valence-corrected chi connectivity index (χ1v) is 10.8. The van der Waals surface area contributed by atoms with Crippen LogP contribution in [-0.2, 0) is 9.53 Å². The monoisotopic (exact) mass is 475 g/mol. The Morgan fingerprint density at radius 1 is 1.16 bits per heavy atom. The molecule has 0 bridgehead atoms. The summed E-state index contributed by atoms with van der Waals surface area (Å²) in [5, 5.41) is 5.02. The third-order valence-corrected chi connectivity index (χ3v) is 5.92. The van der Waals surface area contributed by atoms with Gasteiger partial charge in [-0.1, -0.05) is 11.6 Å². The Bertz CT molecular complexity index is 1200.